The van der Waals surface area contributed by atoms with E-state index in [4.69, 9.17) is 4.74 Å². The molecule has 18 heavy (non-hydrogen) atoms. The number of fused-ring (bicyclic) bond motifs is 1. The Balaban J connectivity index is 1.56. The van der Waals surface area contributed by atoms with Crippen molar-refractivity contribution in [1.29, 1.82) is 0 Å². The third-order valence-corrected chi connectivity index (χ3v) is 4.27. The number of imidazole rings is 1. The minimum atomic E-state index is 0.205. The van der Waals surface area contributed by atoms with E-state index in [0.29, 0.717) is 24.5 Å². The van der Waals surface area contributed by atoms with Crippen LogP contribution < -0.4 is 0 Å². The van der Waals surface area contributed by atoms with Crippen LogP contribution in [0.1, 0.15) is 12.8 Å². The van der Waals surface area contributed by atoms with E-state index in [1.165, 1.54) is 0 Å². The minimum Gasteiger partial charge on any atom is -0.381 e. The molecule has 1 aliphatic heterocycles. The van der Waals surface area contributed by atoms with Gasteiger partial charge in [0.05, 0.1) is 12.4 Å². The molecule has 3 atom stereocenters. The van der Waals surface area contributed by atoms with Gasteiger partial charge >= 0.3 is 0 Å². The Morgan fingerprint density at radius 1 is 1.39 bits per heavy atom. The number of rotatable bonds is 3. The lowest BCUT2D eigenvalue weighted by Crippen LogP contribution is -2.33. The maximum atomic E-state index is 12.1. The quantitative estimate of drug-likeness (QED) is 0.795. The number of aromatic nitrogens is 2. The molecule has 3 rings (SSSR count). The van der Waals surface area contributed by atoms with Crippen molar-refractivity contribution in [3.63, 3.8) is 0 Å². The highest BCUT2D eigenvalue weighted by Crippen LogP contribution is 2.39. The summed E-state index contributed by atoms with van der Waals surface area (Å²) < 4.78 is 7.24. The minimum absolute atomic E-state index is 0.205. The van der Waals surface area contributed by atoms with Crippen LogP contribution in [0.5, 0.6) is 0 Å². The molecule has 1 unspecified atom stereocenters. The Hall–Kier alpha value is -1.36. The molecule has 2 heterocycles. The summed E-state index contributed by atoms with van der Waals surface area (Å²) in [6, 6.07) is 0. The van der Waals surface area contributed by atoms with E-state index in [0.717, 1.165) is 25.9 Å². The van der Waals surface area contributed by atoms with Gasteiger partial charge in [0, 0.05) is 32.6 Å². The number of carbonyl (C=O) groups excluding carboxylic acids is 1. The van der Waals surface area contributed by atoms with E-state index < -0.39 is 0 Å². The summed E-state index contributed by atoms with van der Waals surface area (Å²) in [6.45, 7) is 2.21. The molecule has 98 valence electrons. The van der Waals surface area contributed by atoms with Gasteiger partial charge in [-0.1, -0.05) is 0 Å². The molecule has 2 fully saturated rings. The van der Waals surface area contributed by atoms with Crippen molar-refractivity contribution in [1.82, 2.24) is 14.5 Å². The summed E-state index contributed by atoms with van der Waals surface area (Å²) in [5, 5.41) is 0. The SMILES string of the molecule is COC1C[C@@H]2CN(C(=O)Cn3ccnc3)C[C@@H]2C1. The molecular formula is C13H19N3O2. The normalized spacial score (nSPS) is 30.7. The highest BCUT2D eigenvalue weighted by molar-refractivity contribution is 5.76. The first kappa shape index (κ1) is 11.7. The van der Waals surface area contributed by atoms with Crippen LogP contribution in [0.25, 0.3) is 0 Å². The van der Waals surface area contributed by atoms with Gasteiger partial charge in [-0.05, 0) is 24.7 Å². The second-order valence-electron chi connectivity index (χ2n) is 5.38. The Labute approximate surface area is 107 Å². The first-order valence-electron chi connectivity index (χ1n) is 6.52. The predicted molar refractivity (Wildman–Crippen MR) is 65.8 cm³/mol. The molecule has 0 bridgehead atoms. The van der Waals surface area contributed by atoms with E-state index in [1.807, 2.05) is 15.7 Å². The van der Waals surface area contributed by atoms with Crippen LogP contribution in [0.15, 0.2) is 18.7 Å². The molecule has 1 saturated heterocycles. The van der Waals surface area contributed by atoms with Crippen LogP contribution in [0, 0.1) is 11.8 Å². The van der Waals surface area contributed by atoms with Crippen LogP contribution in [0.2, 0.25) is 0 Å². The Morgan fingerprint density at radius 2 is 2.11 bits per heavy atom. The maximum Gasteiger partial charge on any atom is 0.242 e. The fourth-order valence-electron chi connectivity index (χ4n) is 3.28. The predicted octanol–water partition coefficient (Wildman–Crippen LogP) is 0.766. The molecule has 5 heteroatoms. The smallest absolute Gasteiger partial charge is 0.242 e. The topological polar surface area (TPSA) is 47.4 Å². The van der Waals surface area contributed by atoms with Gasteiger partial charge in [0.25, 0.3) is 0 Å². The van der Waals surface area contributed by atoms with E-state index in [-0.39, 0.29) is 5.91 Å². The Bertz CT molecular complexity index is 404. The summed E-state index contributed by atoms with van der Waals surface area (Å²) in [4.78, 5) is 18.1. The average molecular weight is 249 g/mol. The van der Waals surface area contributed by atoms with Gasteiger partial charge in [0.15, 0.2) is 0 Å². The van der Waals surface area contributed by atoms with Crippen molar-refractivity contribution in [2.75, 3.05) is 20.2 Å². The second kappa shape index (κ2) is 4.72. The monoisotopic (exact) mass is 249 g/mol. The molecule has 2 aliphatic rings. The zero-order valence-electron chi connectivity index (χ0n) is 10.7. The number of carbonyl (C=O) groups is 1. The van der Waals surface area contributed by atoms with Crippen LogP contribution in [0.4, 0.5) is 0 Å². The molecule has 1 saturated carbocycles. The summed E-state index contributed by atoms with van der Waals surface area (Å²) in [7, 11) is 1.79. The van der Waals surface area contributed by atoms with Gasteiger partial charge in [0.1, 0.15) is 6.54 Å². The summed E-state index contributed by atoms with van der Waals surface area (Å²) in [5.74, 6) is 1.49. The number of methoxy groups -OCH3 is 1. The van der Waals surface area contributed by atoms with E-state index in [2.05, 4.69) is 4.98 Å². The molecule has 5 nitrogen and oxygen atoms in total. The van der Waals surface area contributed by atoms with Gasteiger partial charge in [-0.3, -0.25) is 4.79 Å². The fourth-order valence-corrected chi connectivity index (χ4v) is 3.28. The van der Waals surface area contributed by atoms with Gasteiger partial charge in [-0.25, -0.2) is 4.98 Å². The van der Waals surface area contributed by atoms with Crippen LogP contribution in [-0.4, -0.2) is 46.7 Å². The molecule has 1 amide bonds. The number of amides is 1. The van der Waals surface area contributed by atoms with Gasteiger partial charge in [0.2, 0.25) is 5.91 Å². The lowest BCUT2D eigenvalue weighted by molar-refractivity contribution is -0.131. The molecule has 0 N–H and O–H groups in total. The summed E-state index contributed by atoms with van der Waals surface area (Å²) in [5.41, 5.74) is 0. The standard InChI is InChI=1S/C13H19N3O2/c1-18-12-4-10-6-16(7-11(10)5-12)13(17)8-15-3-2-14-9-15/h2-3,9-12H,4-8H2,1H3/t10-,11+,12?. The summed E-state index contributed by atoms with van der Waals surface area (Å²) >= 11 is 0. The Morgan fingerprint density at radius 3 is 2.67 bits per heavy atom. The number of ether oxygens (including phenoxy) is 1. The highest BCUT2D eigenvalue weighted by Gasteiger charge is 2.42. The molecule has 1 aliphatic carbocycles. The molecular weight excluding hydrogens is 230 g/mol. The van der Waals surface area contributed by atoms with Crippen molar-refractivity contribution in [2.24, 2.45) is 11.8 Å². The molecule has 1 aromatic heterocycles. The zero-order chi connectivity index (χ0) is 12.5. The van der Waals surface area contributed by atoms with Crippen molar-refractivity contribution < 1.29 is 9.53 Å². The van der Waals surface area contributed by atoms with Gasteiger partial charge < -0.3 is 14.2 Å². The average Bonchev–Trinajstić information content (AvgIpc) is 3.02. The van der Waals surface area contributed by atoms with Crippen molar-refractivity contribution in [3.05, 3.63) is 18.7 Å². The lowest BCUT2D eigenvalue weighted by Gasteiger charge is -2.19. The molecule has 0 aromatic carbocycles. The van der Waals surface area contributed by atoms with Gasteiger partial charge in [-0.2, -0.15) is 0 Å². The lowest BCUT2D eigenvalue weighted by atomic mass is 10.0. The first-order chi connectivity index (χ1) is 8.76. The van der Waals surface area contributed by atoms with E-state index in [9.17, 15) is 4.79 Å². The number of hydrogen-bond acceptors (Lipinski definition) is 3. The van der Waals surface area contributed by atoms with Crippen molar-refractivity contribution in [2.45, 2.75) is 25.5 Å². The molecule has 0 radical (unpaired) electrons. The second-order valence-corrected chi connectivity index (χ2v) is 5.38. The molecule has 1 aromatic rings. The van der Waals surface area contributed by atoms with Gasteiger partial charge in [-0.15, -0.1) is 0 Å². The van der Waals surface area contributed by atoms with Crippen LogP contribution in [0.3, 0.4) is 0 Å². The zero-order valence-corrected chi connectivity index (χ0v) is 10.7. The third-order valence-electron chi connectivity index (χ3n) is 4.27. The summed E-state index contributed by atoms with van der Waals surface area (Å²) in [6.07, 6.45) is 7.85. The Kier molecular flexibility index (Phi) is 3.07. The molecule has 0 spiro atoms. The third kappa shape index (κ3) is 2.14. The highest BCUT2D eigenvalue weighted by atomic mass is 16.5. The van der Waals surface area contributed by atoms with Crippen molar-refractivity contribution >= 4 is 5.91 Å². The van der Waals surface area contributed by atoms with E-state index >= 15 is 0 Å². The fraction of sp³-hybridized carbons (Fsp3) is 0.692. The number of likely N-dealkylation sites (tertiary alicyclic amines) is 1. The van der Waals surface area contributed by atoms with Crippen molar-refractivity contribution in [3.8, 4) is 0 Å². The maximum absolute atomic E-state index is 12.1. The largest absolute Gasteiger partial charge is 0.381 e. The van der Waals surface area contributed by atoms with Crippen LogP contribution >= 0.6 is 0 Å². The number of hydrogen-bond donors (Lipinski definition) is 0. The first-order valence-corrected chi connectivity index (χ1v) is 6.52. The number of nitrogens with zero attached hydrogens (tertiary/aromatic N) is 3. The van der Waals surface area contributed by atoms with Crippen LogP contribution in [-0.2, 0) is 16.1 Å². The van der Waals surface area contributed by atoms with E-state index in [1.54, 1.807) is 19.6 Å².